The van der Waals surface area contributed by atoms with E-state index in [1.807, 2.05) is 0 Å². The molecule has 1 aliphatic heterocycles. The number of benzene rings is 1. The fourth-order valence-electron chi connectivity index (χ4n) is 3.72. The summed E-state index contributed by atoms with van der Waals surface area (Å²) in [4.78, 5) is 20.9. The third kappa shape index (κ3) is 5.01. The van der Waals surface area contributed by atoms with Crippen molar-refractivity contribution >= 4 is 46.7 Å². The summed E-state index contributed by atoms with van der Waals surface area (Å²) in [6.45, 7) is -0.270. The number of aromatic nitrogens is 2. The highest BCUT2D eigenvalue weighted by Gasteiger charge is 2.59. The van der Waals surface area contributed by atoms with Gasteiger partial charge in [0.25, 0.3) is 0 Å². The Bertz CT molecular complexity index is 1090. The first kappa shape index (κ1) is 26.6. The van der Waals surface area contributed by atoms with Crippen molar-refractivity contribution in [2.45, 2.75) is 37.7 Å². The molecule has 0 radical (unpaired) electrons. The third-order valence-corrected chi connectivity index (χ3v) is 6.89. The van der Waals surface area contributed by atoms with Crippen LogP contribution in [0.3, 0.4) is 0 Å². The molecule has 0 bridgehead atoms. The van der Waals surface area contributed by atoms with Crippen LogP contribution in [0.4, 0.5) is 32.3 Å². The van der Waals surface area contributed by atoms with Gasteiger partial charge in [-0.05, 0) is 24.1 Å². The van der Waals surface area contributed by atoms with E-state index in [0.29, 0.717) is 0 Å². The average Bonchev–Trinajstić information content (AvgIpc) is 3.18. The van der Waals surface area contributed by atoms with Crippen molar-refractivity contribution in [1.82, 2.24) is 14.9 Å². The molecule has 2 heterocycles. The van der Waals surface area contributed by atoms with E-state index in [1.54, 1.807) is 0 Å². The van der Waals surface area contributed by atoms with Crippen LogP contribution in [0.1, 0.15) is 30.2 Å². The van der Waals surface area contributed by atoms with Crippen LogP contribution in [0.5, 0.6) is 0 Å². The monoisotopic (exact) mass is 548 g/mol. The van der Waals surface area contributed by atoms with Gasteiger partial charge in [-0.1, -0.05) is 34.8 Å². The van der Waals surface area contributed by atoms with E-state index >= 15 is 0 Å². The normalized spacial score (nSPS) is 19.0. The maximum Gasteiger partial charge on any atom is 0.433 e. The molecule has 2 aromatic rings. The molecule has 186 valence electrons. The predicted octanol–water partition coefficient (Wildman–Crippen LogP) is 6.14. The zero-order valence-electron chi connectivity index (χ0n) is 17.7. The predicted molar refractivity (Wildman–Crippen MR) is 115 cm³/mol. The summed E-state index contributed by atoms with van der Waals surface area (Å²) < 4.78 is 83.9. The van der Waals surface area contributed by atoms with Gasteiger partial charge in [0.1, 0.15) is 5.41 Å². The van der Waals surface area contributed by atoms with Gasteiger partial charge in [-0.2, -0.15) is 26.3 Å². The first-order chi connectivity index (χ1) is 15.6. The molecule has 34 heavy (non-hydrogen) atoms. The van der Waals surface area contributed by atoms with Crippen LogP contribution in [0.2, 0.25) is 15.1 Å². The fourth-order valence-corrected chi connectivity index (χ4v) is 4.32. The second-order valence-corrected chi connectivity index (χ2v) is 9.11. The van der Waals surface area contributed by atoms with Crippen LogP contribution in [-0.4, -0.2) is 47.1 Å². The number of nitrogens with zero attached hydrogens (tertiary/aromatic N) is 4. The lowest BCUT2D eigenvalue weighted by Gasteiger charge is -2.33. The largest absolute Gasteiger partial charge is 0.433 e. The summed E-state index contributed by atoms with van der Waals surface area (Å²) >= 11 is 17.7. The number of anilines is 1. The number of hydrogen-bond acceptors (Lipinski definition) is 4. The van der Waals surface area contributed by atoms with Crippen LogP contribution >= 0.6 is 34.8 Å². The van der Waals surface area contributed by atoms with E-state index < -0.39 is 54.8 Å². The molecule has 1 aromatic carbocycles. The van der Waals surface area contributed by atoms with Crippen molar-refractivity contribution in [3.05, 3.63) is 50.2 Å². The van der Waals surface area contributed by atoms with Gasteiger partial charge in [0.05, 0.1) is 15.1 Å². The van der Waals surface area contributed by atoms with Crippen molar-refractivity contribution in [3.63, 3.8) is 0 Å². The molecule has 3 rings (SSSR count). The van der Waals surface area contributed by atoms with Gasteiger partial charge in [0.15, 0.2) is 5.69 Å². The van der Waals surface area contributed by atoms with Gasteiger partial charge in [0.2, 0.25) is 11.9 Å². The van der Waals surface area contributed by atoms with Crippen molar-refractivity contribution in [1.29, 1.82) is 0 Å². The van der Waals surface area contributed by atoms with E-state index in [1.165, 1.54) is 14.0 Å². The van der Waals surface area contributed by atoms with E-state index in [9.17, 15) is 31.1 Å². The summed E-state index contributed by atoms with van der Waals surface area (Å²) in [6, 6.07) is 2.10. The Balaban J connectivity index is 2.03. The molecule has 1 unspecified atom stereocenters. The maximum atomic E-state index is 14.3. The molecule has 0 N–H and O–H groups in total. The van der Waals surface area contributed by atoms with Gasteiger partial charge in [-0.25, -0.2) is 9.97 Å². The topological polar surface area (TPSA) is 49.3 Å². The number of amides is 1. The number of carbonyl (C=O) groups excluding carboxylic acids is 1. The minimum atomic E-state index is -4.91. The van der Waals surface area contributed by atoms with Gasteiger partial charge >= 0.3 is 12.4 Å². The first-order valence-corrected chi connectivity index (χ1v) is 10.8. The highest BCUT2D eigenvalue weighted by Crippen LogP contribution is 2.50. The van der Waals surface area contributed by atoms with Crippen LogP contribution in [0.15, 0.2) is 18.3 Å². The van der Waals surface area contributed by atoms with Crippen LogP contribution in [0, 0.1) is 0 Å². The number of rotatable bonds is 4. The molecule has 1 fully saturated rings. The molecule has 0 aliphatic carbocycles. The third-order valence-electron chi connectivity index (χ3n) is 5.70. The Morgan fingerprint density at radius 1 is 1.15 bits per heavy atom. The number of halogens is 9. The van der Waals surface area contributed by atoms with Crippen molar-refractivity contribution in [2.75, 3.05) is 25.0 Å². The summed E-state index contributed by atoms with van der Waals surface area (Å²) in [5.74, 6) is -0.995. The minimum absolute atomic E-state index is 0.108. The lowest BCUT2D eigenvalue weighted by atomic mass is 9.79. The lowest BCUT2D eigenvalue weighted by molar-refractivity contribution is -0.184. The van der Waals surface area contributed by atoms with Gasteiger partial charge < -0.3 is 9.80 Å². The fraction of sp³-hybridized carbons (Fsp3) is 0.450. The zero-order chi connectivity index (χ0) is 25.6. The van der Waals surface area contributed by atoms with E-state index in [0.717, 1.165) is 28.1 Å². The van der Waals surface area contributed by atoms with Crippen LogP contribution in [-0.2, 0) is 22.9 Å². The first-order valence-electron chi connectivity index (χ1n) is 9.68. The number of hydrogen-bond donors (Lipinski definition) is 0. The Labute approximate surface area is 205 Å². The zero-order valence-corrected chi connectivity index (χ0v) is 19.9. The summed E-state index contributed by atoms with van der Waals surface area (Å²) in [7, 11) is 1.30. The van der Waals surface area contributed by atoms with Crippen LogP contribution in [0.25, 0.3) is 0 Å². The van der Waals surface area contributed by atoms with Crippen LogP contribution < -0.4 is 4.90 Å². The van der Waals surface area contributed by atoms with Crippen molar-refractivity contribution in [3.8, 4) is 0 Å². The molecular formula is C20H17Cl3F6N4O. The Hall–Kier alpha value is -1.98. The second-order valence-electron chi connectivity index (χ2n) is 7.92. The van der Waals surface area contributed by atoms with Gasteiger partial charge in [-0.15, -0.1) is 0 Å². The number of alkyl halides is 6. The second kappa shape index (κ2) is 9.23. The molecular weight excluding hydrogens is 533 g/mol. The smallest absolute Gasteiger partial charge is 0.342 e. The standard InChI is InChI=1S/C20H17Cl3F6N4O/c1-10(34)32(2)8-11-7-30-17(31-16(11)19(24,25)26)33-4-3-18(9-33,20(27,28)29)12-5-13(21)15(23)14(22)6-12/h5-7H,3-4,8-9H2,1-2H3. The quantitative estimate of drug-likeness (QED) is 0.339. The minimum Gasteiger partial charge on any atom is -0.342 e. The average molecular weight is 550 g/mol. The highest BCUT2D eigenvalue weighted by atomic mass is 35.5. The molecule has 1 saturated heterocycles. The Morgan fingerprint density at radius 3 is 2.24 bits per heavy atom. The SMILES string of the molecule is CC(=O)N(C)Cc1cnc(N2CCC(c3cc(Cl)c(Cl)c(Cl)c3)(C(F)(F)F)C2)nc1C(F)(F)F. The van der Waals surface area contributed by atoms with Gasteiger partial charge in [-0.3, -0.25) is 4.79 Å². The summed E-state index contributed by atoms with van der Waals surface area (Å²) in [6.07, 6.45) is -9.33. The van der Waals surface area contributed by atoms with Crippen molar-refractivity contribution < 1.29 is 31.1 Å². The van der Waals surface area contributed by atoms with Crippen molar-refractivity contribution in [2.24, 2.45) is 0 Å². The molecule has 0 saturated carbocycles. The molecule has 1 aromatic heterocycles. The van der Waals surface area contributed by atoms with E-state index in [4.69, 9.17) is 34.8 Å². The molecule has 0 spiro atoms. The van der Waals surface area contributed by atoms with E-state index in [2.05, 4.69) is 9.97 Å². The highest BCUT2D eigenvalue weighted by molar-refractivity contribution is 6.48. The molecule has 1 aliphatic rings. The molecule has 1 atom stereocenters. The molecule has 5 nitrogen and oxygen atoms in total. The Kier molecular flexibility index (Phi) is 7.23. The summed E-state index contributed by atoms with van der Waals surface area (Å²) in [5.41, 5.74) is -4.46. The van der Waals surface area contributed by atoms with Gasteiger partial charge in [0, 0.05) is 45.4 Å². The lowest BCUT2D eigenvalue weighted by Crippen LogP contribution is -2.45. The number of carbonyl (C=O) groups is 1. The molecule has 14 heteroatoms. The summed E-state index contributed by atoms with van der Waals surface area (Å²) in [5, 5.41) is -0.467. The van der Waals surface area contributed by atoms with E-state index in [-0.39, 0.29) is 32.7 Å². The Morgan fingerprint density at radius 2 is 1.74 bits per heavy atom. The molecule has 1 amide bonds. The maximum absolute atomic E-state index is 14.3.